The molecular formula is C19H27N5O3S2. The molecule has 0 spiro atoms. The van der Waals surface area contributed by atoms with E-state index in [0.29, 0.717) is 6.54 Å². The molecule has 1 fully saturated rings. The van der Waals surface area contributed by atoms with Crippen molar-refractivity contribution in [1.82, 2.24) is 19.9 Å². The molecule has 10 heteroatoms. The average molecular weight is 438 g/mol. The van der Waals surface area contributed by atoms with Crippen molar-refractivity contribution in [3.63, 3.8) is 0 Å². The quantitative estimate of drug-likeness (QED) is 0.646. The van der Waals surface area contributed by atoms with Gasteiger partial charge in [-0.1, -0.05) is 19.1 Å². The number of thiophene rings is 1. The van der Waals surface area contributed by atoms with Crippen molar-refractivity contribution < 1.29 is 13.2 Å². The maximum Gasteiger partial charge on any atom is 0.250 e. The van der Waals surface area contributed by atoms with Crippen LogP contribution in [-0.2, 0) is 21.4 Å². The van der Waals surface area contributed by atoms with Crippen molar-refractivity contribution in [2.24, 2.45) is 0 Å². The van der Waals surface area contributed by atoms with E-state index in [4.69, 9.17) is 0 Å². The summed E-state index contributed by atoms with van der Waals surface area (Å²) >= 11 is 1.11. The molecule has 0 bridgehead atoms. The lowest BCUT2D eigenvalue weighted by molar-refractivity contribution is -0.122. The van der Waals surface area contributed by atoms with Gasteiger partial charge in [-0.15, -0.1) is 11.3 Å². The smallest absolute Gasteiger partial charge is 0.250 e. The van der Waals surface area contributed by atoms with Gasteiger partial charge in [-0.05, 0) is 36.5 Å². The van der Waals surface area contributed by atoms with E-state index in [2.05, 4.69) is 31.7 Å². The Bertz CT molecular complexity index is 892. The molecule has 3 rings (SSSR count). The zero-order chi connectivity index (χ0) is 20.9. The number of hydrogen-bond donors (Lipinski definition) is 2. The summed E-state index contributed by atoms with van der Waals surface area (Å²) in [7, 11) is -3.68. The van der Waals surface area contributed by atoms with E-state index in [0.717, 1.165) is 55.4 Å². The standard InChI is InChI=1S/C19H27N5O3S2/c1-3-23-8-10-24(11-9-23)17-7-6-16(13-20-17)14-21-19(25)15(2)22-29(26,27)18-5-4-12-28-18/h4-7,12-13,15,22H,3,8-11,14H2,1-2H3,(H,21,25). The summed E-state index contributed by atoms with van der Waals surface area (Å²) in [5.74, 6) is 0.554. The number of carbonyl (C=O) groups excluding carboxylic acids is 1. The Morgan fingerprint density at radius 3 is 2.59 bits per heavy atom. The van der Waals surface area contributed by atoms with E-state index in [9.17, 15) is 13.2 Å². The summed E-state index contributed by atoms with van der Waals surface area (Å²) in [6, 6.07) is 6.20. The number of carbonyl (C=O) groups is 1. The van der Waals surface area contributed by atoms with Crippen molar-refractivity contribution in [3.8, 4) is 0 Å². The molecule has 1 atom stereocenters. The Morgan fingerprint density at radius 2 is 2.00 bits per heavy atom. The van der Waals surface area contributed by atoms with Crippen LogP contribution in [0.1, 0.15) is 19.4 Å². The number of aromatic nitrogens is 1. The molecule has 0 aliphatic carbocycles. The molecule has 29 heavy (non-hydrogen) atoms. The van der Waals surface area contributed by atoms with Crippen molar-refractivity contribution in [2.75, 3.05) is 37.6 Å². The van der Waals surface area contributed by atoms with Crippen LogP contribution < -0.4 is 14.9 Å². The number of nitrogens with one attached hydrogen (secondary N) is 2. The third kappa shape index (κ3) is 5.75. The van der Waals surface area contributed by atoms with E-state index in [-0.39, 0.29) is 10.1 Å². The lowest BCUT2D eigenvalue weighted by Gasteiger charge is -2.34. The van der Waals surface area contributed by atoms with Crippen LogP contribution in [0.2, 0.25) is 0 Å². The SMILES string of the molecule is CCN1CCN(c2ccc(CNC(=O)C(C)NS(=O)(=O)c3cccs3)cn2)CC1. The topological polar surface area (TPSA) is 94.6 Å². The molecule has 2 aromatic rings. The molecule has 0 radical (unpaired) electrons. The van der Waals surface area contributed by atoms with Gasteiger partial charge in [0.15, 0.2) is 0 Å². The van der Waals surface area contributed by atoms with Crippen molar-refractivity contribution >= 4 is 33.1 Å². The van der Waals surface area contributed by atoms with Crippen LogP contribution in [-0.4, -0.2) is 63.0 Å². The Kier molecular flexibility index (Phi) is 7.23. The van der Waals surface area contributed by atoms with Crippen molar-refractivity contribution in [2.45, 2.75) is 30.6 Å². The van der Waals surface area contributed by atoms with Gasteiger partial charge in [-0.2, -0.15) is 4.72 Å². The van der Waals surface area contributed by atoms with E-state index >= 15 is 0 Å². The minimum absolute atomic E-state index is 0.191. The molecule has 158 valence electrons. The molecule has 2 aromatic heterocycles. The van der Waals surface area contributed by atoms with Crippen LogP contribution >= 0.6 is 11.3 Å². The molecule has 8 nitrogen and oxygen atoms in total. The lowest BCUT2D eigenvalue weighted by Crippen LogP contribution is -2.46. The van der Waals surface area contributed by atoms with Gasteiger partial charge in [-0.25, -0.2) is 13.4 Å². The first kappa shape index (κ1) is 21.7. The molecule has 1 amide bonds. The molecular weight excluding hydrogens is 410 g/mol. The number of nitrogens with zero attached hydrogens (tertiary/aromatic N) is 3. The van der Waals surface area contributed by atoms with Gasteiger partial charge in [0.25, 0.3) is 10.0 Å². The van der Waals surface area contributed by atoms with Crippen molar-refractivity contribution in [3.05, 3.63) is 41.4 Å². The summed E-state index contributed by atoms with van der Waals surface area (Å²) in [5.41, 5.74) is 0.864. The molecule has 3 heterocycles. The van der Waals surface area contributed by atoms with Crippen LogP contribution in [0.5, 0.6) is 0 Å². The van der Waals surface area contributed by atoms with E-state index < -0.39 is 16.1 Å². The monoisotopic (exact) mass is 437 g/mol. The second-order valence-corrected chi connectivity index (χ2v) is 9.83. The first-order valence-electron chi connectivity index (χ1n) is 9.65. The maximum atomic E-state index is 12.3. The molecule has 0 saturated carbocycles. The van der Waals surface area contributed by atoms with Gasteiger partial charge >= 0.3 is 0 Å². The van der Waals surface area contributed by atoms with Gasteiger partial charge in [0, 0.05) is 38.9 Å². The van der Waals surface area contributed by atoms with Crippen LogP contribution in [0.3, 0.4) is 0 Å². The van der Waals surface area contributed by atoms with Gasteiger partial charge in [0.2, 0.25) is 5.91 Å². The van der Waals surface area contributed by atoms with Gasteiger partial charge in [0.1, 0.15) is 10.0 Å². The molecule has 1 aliphatic rings. The Morgan fingerprint density at radius 1 is 1.24 bits per heavy atom. The molecule has 1 aliphatic heterocycles. The van der Waals surface area contributed by atoms with Gasteiger partial charge < -0.3 is 15.1 Å². The number of piperazine rings is 1. The summed E-state index contributed by atoms with van der Waals surface area (Å²) in [6.07, 6.45) is 1.75. The predicted octanol–water partition coefficient (Wildman–Crippen LogP) is 1.27. The number of anilines is 1. The summed E-state index contributed by atoms with van der Waals surface area (Å²) in [4.78, 5) is 21.5. The van der Waals surface area contributed by atoms with Crippen LogP contribution in [0.4, 0.5) is 5.82 Å². The normalized spacial score (nSPS) is 16.6. The number of likely N-dealkylation sites (N-methyl/N-ethyl adjacent to an activating group) is 1. The molecule has 0 aromatic carbocycles. The van der Waals surface area contributed by atoms with Crippen molar-refractivity contribution in [1.29, 1.82) is 0 Å². The van der Waals surface area contributed by atoms with Crippen LogP contribution in [0.15, 0.2) is 40.1 Å². The number of rotatable bonds is 8. The number of pyridine rings is 1. The highest BCUT2D eigenvalue weighted by molar-refractivity contribution is 7.91. The minimum Gasteiger partial charge on any atom is -0.354 e. The number of hydrogen-bond acceptors (Lipinski definition) is 7. The second kappa shape index (κ2) is 9.66. The highest BCUT2D eigenvalue weighted by Gasteiger charge is 2.22. The molecule has 1 saturated heterocycles. The van der Waals surface area contributed by atoms with Gasteiger partial charge in [-0.3, -0.25) is 4.79 Å². The lowest BCUT2D eigenvalue weighted by atomic mass is 10.2. The number of amides is 1. The zero-order valence-electron chi connectivity index (χ0n) is 16.7. The van der Waals surface area contributed by atoms with E-state index in [1.54, 1.807) is 17.6 Å². The Hall–Kier alpha value is -2.01. The minimum atomic E-state index is -3.68. The fourth-order valence-corrected chi connectivity index (χ4v) is 5.32. The zero-order valence-corrected chi connectivity index (χ0v) is 18.3. The Labute approximate surface area is 176 Å². The number of sulfonamides is 1. The van der Waals surface area contributed by atoms with E-state index in [1.165, 1.54) is 13.0 Å². The largest absolute Gasteiger partial charge is 0.354 e. The van der Waals surface area contributed by atoms with E-state index in [1.807, 2.05) is 12.1 Å². The highest BCUT2D eigenvalue weighted by atomic mass is 32.2. The first-order valence-corrected chi connectivity index (χ1v) is 12.0. The molecule has 2 N–H and O–H groups in total. The fraction of sp³-hybridized carbons (Fsp3) is 0.474. The third-order valence-corrected chi connectivity index (χ3v) is 7.84. The third-order valence-electron chi connectivity index (χ3n) is 4.90. The maximum absolute atomic E-state index is 12.3. The van der Waals surface area contributed by atoms with Crippen LogP contribution in [0.25, 0.3) is 0 Å². The molecule has 1 unspecified atom stereocenters. The van der Waals surface area contributed by atoms with Crippen LogP contribution in [0, 0.1) is 0 Å². The Balaban J connectivity index is 1.49. The van der Waals surface area contributed by atoms with Gasteiger partial charge in [0.05, 0.1) is 6.04 Å². The highest BCUT2D eigenvalue weighted by Crippen LogP contribution is 2.16. The first-order chi connectivity index (χ1) is 13.9. The average Bonchev–Trinajstić information content (AvgIpc) is 3.28. The second-order valence-electron chi connectivity index (χ2n) is 6.94. The summed E-state index contributed by atoms with van der Waals surface area (Å²) in [6.45, 7) is 9.05. The predicted molar refractivity (Wildman–Crippen MR) is 115 cm³/mol. The summed E-state index contributed by atoms with van der Waals surface area (Å²) in [5, 5.41) is 4.44. The summed E-state index contributed by atoms with van der Waals surface area (Å²) < 4.78 is 27.0. The fourth-order valence-electron chi connectivity index (χ4n) is 3.10.